The number of anilines is 1. The molecule has 3 atom stereocenters. The lowest BCUT2D eigenvalue weighted by Crippen LogP contribution is -2.20. The molecule has 1 heterocycles. The molecule has 5 nitrogen and oxygen atoms in total. The number of carbonyl (C=O) groups is 1. The van der Waals surface area contributed by atoms with Gasteiger partial charge in [-0.2, -0.15) is 5.26 Å². The van der Waals surface area contributed by atoms with E-state index in [0.717, 1.165) is 27.5 Å². The highest BCUT2D eigenvalue weighted by Crippen LogP contribution is 2.49. The topological polar surface area (TPSA) is 78.7 Å². The van der Waals surface area contributed by atoms with Crippen LogP contribution in [-0.4, -0.2) is 16.1 Å². The summed E-state index contributed by atoms with van der Waals surface area (Å²) in [7, 11) is 0. The van der Waals surface area contributed by atoms with Crippen LogP contribution in [0.2, 0.25) is 0 Å². The van der Waals surface area contributed by atoms with Crippen molar-refractivity contribution in [2.45, 2.75) is 42.2 Å². The number of aromatic nitrogens is 2. The van der Waals surface area contributed by atoms with E-state index in [1.54, 1.807) is 11.8 Å². The Balaban J connectivity index is 1.26. The van der Waals surface area contributed by atoms with Gasteiger partial charge in [0.25, 0.3) is 0 Å². The van der Waals surface area contributed by atoms with E-state index in [9.17, 15) is 4.79 Å². The second-order valence-corrected chi connectivity index (χ2v) is 9.36. The smallest absolute Gasteiger partial charge is 0.226 e. The monoisotopic (exact) mass is 384 g/mol. The Kier molecular flexibility index (Phi) is 5.23. The molecule has 1 aromatic carbocycles. The molecule has 2 fully saturated rings. The lowest BCUT2D eigenvalue weighted by atomic mass is 9.86. The predicted octanol–water partition coefficient (Wildman–Crippen LogP) is 4.47. The van der Waals surface area contributed by atoms with Gasteiger partial charge in [-0.05, 0) is 54.7 Å². The Hall–Kier alpha value is -1.91. The third-order valence-corrected chi connectivity index (χ3v) is 7.47. The second kappa shape index (κ2) is 7.77. The second-order valence-electron chi connectivity index (χ2n) is 7.16. The van der Waals surface area contributed by atoms with Crippen molar-refractivity contribution in [3.05, 3.63) is 35.4 Å². The average Bonchev–Trinajstić information content (AvgIpc) is 3.37. The lowest BCUT2D eigenvalue weighted by molar-refractivity contribution is -0.117. The van der Waals surface area contributed by atoms with Crippen LogP contribution in [0.4, 0.5) is 5.13 Å². The first kappa shape index (κ1) is 17.5. The Bertz CT molecular complexity index is 827. The summed E-state index contributed by atoms with van der Waals surface area (Å²) in [5.41, 5.74) is 1.79. The summed E-state index contributed by atoms with van der Waals surface area (Å²) in [5, 5.41) is 20.6. The molecular weight excluding hydrogens is 364 g/mol. The summed E-state index contributed by atoms with van der Waals surface area (Å²) in [6.45, 7) is 0. The molecule has 2 aliphatic carbocycles. The number of thioether (sulfide) groups is 1. The van der Waals surface area contributed by atoms with Gasteiger partial charge in [0.05, 0.1) is 11.6 Å². The first-order chi connectivity index (χ1) is 12.7. The van der Waals surface area contributed by atoms with Gasteiger partial charge in [0, 0.05) is 12.2 Å². The van der Waals surface area contributed by atoms with Crippen molar-refractivity contribution in [1.82, 2.24) is 10.2 Å². The largest absolute Gasteiger partial charge is 0.300 e. The van der Waals surface area contributed by atoms with Crippen LogP contribution in [0.3, 0.4) is 0 Å². The molecule has 0 aliphatic heterocycles. The number of nitriles is 1. The number of fused-ring (bicyclic) bond motifs is 2. The summed E-state index contributed by atoms with van der Waals surface area (Å²) in [6, 6.07) is 9.65. The van der Waals surface area contributed by atoms with Crippen molar-refractivity contribution < 1.29 is 4.79 Å². The zero-order valence-electron chi connectivity index (χ0n) is 14.4. The molecule has 7 heteroatoms. The van der Waals surface area contributed by atoms with E-state index in [1.165, 1.54) is 37.0 Å². The van der Waals surface area contributed by atoms with Gasteiger partial charge in [0.1, 0.15) is 0 Å². The lowest BCUT2D eigenvalue weighted by Gasteiger charge is -2.20. The molecule has 2 aliphatic rings. The number of nitrogens with one attached hydrogen (secondary N) is 1. The molecule has 1 amide bonds. The summed E-state index contributed by atoms with van der Waals surface area (Å²) in [6.07, 6.45) is 5.83. The SMILES string of the molecule is N#Cc1ccc(CSc2nnc(NC(=O)CC3CC4CCC3C4)s2)cc1. The van der Waals surface area contributed by atoms with Crippen molar-refractivity contribution in [2.75, 3.05) is 5.32 Å². The van der Waals surface area contributed by atoms with E-state index in [1.807, 2.05) is 24.3 Å². The fourth-order valence-electron chi connectivity index (χ4n) is 4.17. The maximum atomic E-state index is 12.3. The summed E-state index contributed by atoms with van der Waals surface area (Å²) >= 11 is 3.01. The molecule has 0 radical (unpaired) electrons. The van der Waals surface area contributed by atoms with Gasteiger partial charge in [-0.15, -0.1) is 10.2 Å². The predicted molar refractivity (Wildman–Crippen MR) is 103 cm³/mol. The molecule has 1 aromatic heterocycles. The number of nitrogens with zero attached hydrogens (tertiary/aromatic N) is 3. The van der Waals surface area contributed by atoms with E-state index < -0.39 is 0 Å². The first-order valence-corrected chi connectivity index (χ1v) is 10.7. The molecule has 26 heavy (non-hydrogen) atoms. The van der Waals surface area contributed by atoms with Gasteiger partial charge in [0.15, 0.2) is 4.34 Å². The molecule has 134 valence electrons. The van der Waals surface area contributed by atoms with E-state index in [-0.39, 0.29) is 5.91 Å². The van der Waals surface area contributed by atoms with Crippen LogP contribution in [0.25, 0.3) is 0 Å². The molecule has 4 rings (SSSR count). The van der Waals surface area contributed by atoms with Crippen molar-refractivity contribution in [1.29, 1.82) is 5.26 Å². The van der Waals surface area contributed by atoms with Gasteiger partial charge in [-0.3, -0.25) is 4.79 Å². The summed E-state index contributed by atoms with van der Waals surface area (Å²) < 4.78 is 0.838. The highest BCUT2D eigenvalue weighted by Gasteiger charge is 2.40. The van der Waals surface area contributed by atoms with Gasteiger partial charge in [-0.25, -0.2) is 0 Å². The molecule has 1 N–H and O–H groups in total. The van der Waals surface area contributed by atoms with Crippen molar-refractivity contribution in [2.24, 2.45) is 17.8 Å². The highest BCUT2D eigenvalue weighted by molar-refractivity contribution is 8.00. The minimum absolute atomic E-state index is 0.0716. The summed E-state index contributed by atoms with van der Waals surface area (Å²) in [5.74, 6) is 3.02. The first-order valence-electron chi connectivity index (χ1n) is 8.95. The number of carbonyl (C=O) groups excluding carboxylic acids is 1. The minimum Gasteiger partial charge on any atom is -0.300 e. The van der Waals surface area contributed by atoms with Crippen LogP contribution in [0.1, 0.15) is 43.2 Å². The van der Waals surface area contributed by atoms with Crippen LogP contribution >= 0.6 is 23.1 Å². The fourth-order valence-corrected chi connectivity index (χ4v) is 5.90. The normalized spacial score (nSPS) is 23.7. The fraction of sp³-hybridized carbons (Fsp3) is 0.474. The molecule has 0 spiro atoms. The van der Waals surface area contributed by atoms with Crippen LogP contribution in [0.15, 0.2) is 28.6 Å². The highest BCUT2D eigenvalue weighted by atomic mass is 32.2. The van der Waals surface area contributed by atoms with E-state index in [2.05, 4.69) is 21.6 Å². The molecule has 0 saturated heterocycles. The van der Waals surface area contributed by atoms with Gasteiger partial charge >= 0.3 is 0 Å². The van der Waals surface area contributed by atoms with Crippen molar-refractivity contribution in [3.8, 4) is 6.07 Å². The van der Waals surface area contributed by atoms with Gasteiger partial charge in [-0.1, -0.05) is 41.7 Å². The number of rotatable bonds is 6. The number of hydrogen-bond donors (Lipinski definition) is 1. The number of amides is 1. The molecular formula is C19H20N4OS2. The number of hydrogen-bond acceptors (Lipinski definition) is 6. The van der Waals surface area contributed by atoms with Crippen molar-refractivity contribution in [3.63, 3.8) is 0 Å². The molecule has 2 aromatic rings. The van der Waals surface area contributed by atoms with Gasteiger partial charge < -0.3 is 5.32 Å². The summed E-state index contributed by atoms with van der Waals surface area (Å²) in [4.78, 5) is 12.3. The Labute approximate surface area is 161 Å². The van der Waals surface area contributed by atoms with E-state index >= 15 is 0 Å². The molecule has 3 unspecified atom stereocenters. The quantitative estimate of drug-likeness (QED) is 0.587. The Morgan fingerprint density at radius 1 is 1.27 bits per heavy atom. The maximum absolute atomic E-state index is 12.3. The van der Waals surface area contributed by atoms with Crippen LogP contribution in [-0.2, 0) is 10.5 Å². The van der Waals surface area contributed by atoms with Crippen LogP contribution < -0.4 is 5.32 Å². The van der Waals surface area contributed by atoms with Crippen LogP contribution in [0, 0.1) is 29.1 Å². The molecule has 2 bridgehead atoms. The van der Waals surface area contributed by atoms with Crippen LogP contribution in [0.5, 0.6) is 0 Å². The van der Waals surface area contributed by atoms with Crippen molar-refractivity contribution >= 4 is 34.1 Å². The number of benzene rings is 1. The third-order valence-electron chi connectivity index (χ3n) is 5.43. The standard InChI is InChI=1S/C19H20N4OS2/c20-10-12-1-3-13(4-2-12)11-25-19-23-22-18(26-19)21-17(24)9-16-8-14-5-6-15(16)7-14/h1-4,14-16H,5-9,11H2,(H,21,22,24). The Morgan fingerprint density at radius 3 is 2.81 bits per heavy atom. The minimum atomic E-state index is 0.0716. The maximum Gasteiger partial charge on any atom is 0.226 e. The average molecular weight is 385 g/mol. The zero-order chi connectivity index (χ0) is 17.9. The zero-order valence-corrected chi connectivity index (χ0v) is 16.0. The van der Waals surface area contributed by atoms with E-state index in [0.29, 0.717) is 23.0 Å². The molecule has 2 saturated carbocycles. The third kappa shape index (κ3) is 4.08. The van der Waals surface area contributed by atoms with Gasteiger partial charge in [0.2, 0.25) is 11.0 Å². The van der Waals surface area contributed by atoms with E-state index in [4.69, 9.17) is 5.26 Å². The Morgan fingerprint density at radius 2 is 2.12 bits per heavy atom.